The average molecular weight is 349 g/mol. The van der Waals surface area contributed by atoms with E-state index < -0.39 is 10.7 Å². The first-order chi connectivity index (χ1) is 11.0. The van der Waals surface area contributed by atoms with Crippen molar-refractivity contribution in [3.05, 3.63) is 58.9 Å². The first-order valence-electron chi connectivity index (χ1n) is 6.87. The number of hydrogen-bond acceptors (Lipinski definition) is 3. The van der Waals surface area contributed by atoms with Crippen LogP contribution in [0.25, 0.3) is 0 Å². The lowest BCUT2D eigenvalue weighted by molar-refractivity contribution is -0.122. The van der Waals surface area contributed by atoms with Gasteiger partial charge in [-0.3, -0.25) is 14.5 Å². The summed E-state index contributed by atoms with van der Waals surface area (Å²) in [5, 5.41) is 2.73. The minimum Gasteiger partial charge on any atom is -0.323 e. The molecule has 1 spiro atoms. The zero-order valence-corrected chi connectivity index (χ0v) is 13.2. The first kappa shape index (κ1) is 14.5. The van der Waals surface area contributed by atoms with Crippen LogP contribution in [0, 0.1) is 5.82 Å². The largest absolute Gasteiger partial charge is 0.323 e. The van der Waals surface area contributed by atoms with Crippen LogP contribution in [0.15, 0.2) is 42.5 Å². The Bertz CT molecular complexity index is 860. The molecule has 0 bridgehead atoms. The van der Waals surface area contributed by atoms with E-state index in [4.69, 9.17) is 11.6 Å². The van der Waals surface area contributed by atoms with Crippen molar-refractivity contribution < 1.29 is 14.0 Å². The van der Waals surface area contributed by atoms with Gasteiger partial charge in [0.05, 0.1) is 10.8 Å². The summed E-state index contributed by atoms with van der Waals surface area (Å²) < 4.78 is 13.4. The Morgan fingerprint density at radius 1 is 1.22 bits per heavy atom. The molecule has 2 aromatic rings. The summed E-state index contributed by atoms with van der Waals surface area (Å²) in [7, 11) is 0. The van der Waals surface area contributed by atoms with Crippen molar-refractivity contribution in [3.8, 4) is 0 Å². The van der Waals surface area contributed by atoms with Gasteiger partial charge in [-0.2, -0.15) is 0 Å². The number of hydrogen-bond donors (Lipinski definition) is 1. The molecule has 4 rings (SSSR count). The summed E-state index contributed by atoms with van der Waals surface area (Å²) >= 11 is 7.10. The van der Waals surface area contributed by atoms with Crippen LogP contribution in [0.2, 0.25) is 5.02 Å². The third kappa shape index (κ3) is 1.91. The molecule has 2 amide bonds. The van der Waals surface area contributed by atoms with Crippen LogP contribution < -0.4 is 10.2 Å². The van der Waals surface area contributed by atoms with Crippen molar-refractivity contribution in [1.29, 1.82) is 0 Å². The summed E-state index contributed by atoms with van der Waals surface area (Å²) in [5.41, 5.74) is 1.80. The number of nitrogens with one attached hydrogen (secondary N) is 1. The van der Waals surface area contributed by atoms with Crippen molar-refractivity contribution in [2.45, 2.75) is 4.87 Å². The molecule has 1 atom stereocenters. The third-order valence-electron chi connectivity index (χ3n) is 3.98. The molecule has 116 valence electrons. The van der Waals surface area contributed by atoms with Gasteiger partial charge in [-0.15, -0.1) is 11.8 Å². The van der Waals surface area contributed by atoms with E-state index in [0.717, 1.165) is 5.56 Å². The summed E-state index contributed by atoms with van der Waals surface area (Å²) in [4.78, 5) is 25.4. The van der Waals surface area contributed by atoms with Crippen LogP contribution in [-0.4, -0.2) is 17.6 Å². The van der Waals surface area contributed by atoms with Crippen molar-refractivity contribution in [1.82, 2.24) is 0 Å². The fourth-order valence-corrected chi connectivity index (χ4v) is 4.49. The maximum absolute atomic E-state index is 13.4. The van der Waals surface area contributed by atoms with Gasteiger partial charge in [0.1, 0.15) is 5.82 Å². The number of rotatable bonds is 1. The van der Waals surface area contributed by atoms with E-state index in [9.17, 15) is 14.0 Å². The van der Waals surface area contributed by atoms with Gasteiger partial charge in [0.2, 0.25) is 10.8 Å². The second kappa shape index (κ2) is 4.97. The number of carbonyl (C=O) groups is 2. The molecule has 0 radical (unpaired) electrons. The van der Waals surface area contributed by atoms with Crippen LogP contribution in [0.5, 0.6) is 0 Å². The number of thioether (sulfide) groups is 1. The van der Waals surface area contributed by atoms with Gasteiger partial charge in [0, 0.05) is 16.9 Å². The molecule has 2 heterocycles. The van der Waals surface area contributed by atoms with E-state index in [1.165, 1.54) is 34.9 Å². The molecule has 1 fully saturated rings. The number of para-hydroxylation sites is 1. The molecule has 1 saturated heterocycles. The van der Waals surface area contributed by atoms with Gasteiger partial charge in [-0.25, -0.2) is 4.39 Å². The summed E-state index contributed by atoms with van der Waals surface area (Å²) in [6.07, 6.45) is 0. The smallest absolute Gasteiger partial charge is 0.266 e. The van der Waals surface area contributed by atoms with Gasteiger partial charge < -0.3 is 5.32 Å². The molecular formula is C16H10ClFN2O2S. The Balaban J connectivity index is 1.93. The summed E-state index contributed by atoms with van der Waals surface area (Å²) in [5.74, 6) is -0.906. The molecule has 2 aliphatic heterocycles. The van der Waals surface area contributed by atoms with Crippen molar-refractivity contribution in [2.75, 3.05) is 16.0 Å². The van der Waals surface area contributed by atoms with Gasteiger partial charge in [-0.05, 0) is 24.3 Å². The molecule has 2 aliphatic rings. The SMILES string of the molecule is O=C1CSC2(C(=O)Nc3ccccc32)N1c1ccc(F)c(Cl)c1. The first-order valence-corrected chi connectivity index (χ1v) is 8.23. The Kier molecular flexibility index (Phi) is 3.14. The van der Waals surface area contributed by atoms with Crippen LogP contribution >= 0.6 is 23.4 Å². The van der Waals surface area contributed by atoms with Gasteiger partial charge >= 0.3 is 0 Å². The number of anilines is 2. The molecule has 0 saturated carbocycles. The molecule has 0 aliphatic carbocycles. The van der Waals surface area contributed by atoms with Crippen LogP contribution in [-0.2, 0) is 14.5 Å². The van der Waals surface area contributed by atoms with E-state index in [2.05, 4.69) is 5.32 Å². The maximum atomic E-state index is 13.4. The van der Waals surface area contributed by atoms with Gasteiger partial charge in [0.25, 0.3) is 5.91 Å². The molecule has 7 heteroatoms. The van der Waals surface area contributed by atoms with E-state index in [1.807, 2.05) is 18.2 Å². The number of nitrogens with zero attached hydrogens (tertiary/aromatic N) is 1. The average Bonchev–Trinajstić information content (AvgIpc) is 3.02. The highest BCUT2D eigenvalue weighted by atomic mass is 35.5. The topological polar surface area (TPSA) is 49.4 Å². The van der Waals surface area contributed by atoms with E-state index in [-0.39, 0.29) is 22.6 Å². The Hall–Kier alpha value is -2.05. The second-order valence-corrected chi connectivity index (χ2v) is 6.84. The molecule has 2 aromatic carbocycles. The number of amides is 2. The predicted molar refractivity (Wildman–Crippen MR) is 88.1 cm³/mol. The number of carbonyl (C=O) groups excluding carboxylic acids is 2. The molecule has 1 N–H and O–H groups in total. The van der Waals surface area contributed by atoms with Crippen molar-refractivity contribution in [2.24, 2.45) is 0 Å². The highest BCUT2D eigenvalue weighted by Gasteiger charge is 2.58. The highest BCUT2D eigenvalue weighted by Crippen LogP contribution is 2.53. The quantitative estimate of drug-likeness (QED) is 0.859. The van der Waals surface area contributed by atoms with E-state index in [0.29, 0.717) is 11.4 Å². The Morgan fingerprint density at radius 2 is 2.00 bits per heavy atom. The lowest BCUT2D eigenvalue weighted by Gasteiger charge is -2.32. The lowest BCUT2D eigenvalue weighted by Crippen LogP contribution is -2.47. The van der Waals surface area contributed by atoms with Crippen molar-refractivity contribution in [3.63, 3.8) is 0 Å². The minimum atomic E-state index is -1.17. The van der Waals surface area contributed by atoms with Gasteiger partial charge in [-0.1, -0.05) is 29.8 Å². The van der Waals surface area contributed by atoms with Crippen LogP contribution in [0.3, 0.4) is 0 Å². The molecule has 0 aromatic heterocycles. The minimum absolute atomic E-state index is 0.0889. The third-order valence-corrected chi connectivity index (χ3v) is 5.66. The second-order valence-electron chi connectivity index (χ2n) is 5.26. The van der Waals surface area contributed by atoms with E-state index in [1.54, 1.807) is 6.07 Å². The molecule has 4 nitrogen and oxygen atoms in total. The fourth-order valence-electron chi connectivity index (χ4n) is 3.00. The zero-order chi connectivity index (χ0) is 16.2. The highest BCUT2D eigenvalue weighted by molar-refractivity contribution is 8.02. The molecule has 23 heavy (non-hydrogen) atoms. The Morgan fingerprint density at radius 3 is 2.78 bits per heavy atom. The summed E-state index contributed by atoms with van der Waals surface area (Å²) in [6.45, 7) is 0. The maximum Gasteiger partial charge on any atom is 0.266 e. The standard InChI is InChI=1S/C16H10ClFN2O2S/c17-11-7-9(5-6-12(11)18)20-14(21)8-23-16(20)10-3-1-2-4-13(10)19-15(16)22/h1-7H,8H2,(H,19,22). The van der Waals surface area contributed by atoms with Gasteiger partial charge in [0.15, 0.2) is 0 Å². The number of benzene rings is 2. The summed E-state index contributed by atoms with van der Waals surface area (Å²) in [6, 6.07) is 11.3. The Labute approximate surface area is 140 Å². The monoisotopic (exact) mass is 348 g/mol. The molecule has 1 unspecified atom stereocenters. The number of halogens is 2. The van der Waals surface area contributed by atoms with Crippen LogP contribution in [0.4, 0.5) is 15.8 Å². The van der Waals surface area contributed by atoms with E-state index >= 15 is 0 Å². The molecular weight excluding hydrogens is 339 g/mol. The van der Waals surface area contributed by atoms with Crippen LogP contribution in [0.1, 0.15) is 5.56 Å². The zero-order valence-electron chi connectivity index (χ0n) is 11.7. The van der Waals surface area contributed by atoms with Crippen molar-refractivity contribution >= 4 is 46.6 Å². The predicted octanol–water partition coefficient (Wildman–Crippen LogP) is 3.36. The normalized spacial score (nSPS) is 22.6. The fraction of sp³-hybridized carbons (Fsp3) is 0.125. The lowest BCUT2D eigenvalue weighted by atomic mass is 10.0. The number of fused-ring (bicyclic) bond motifs is 2.